The van der Waals surface area contributed by atoms with Gasteiger partial charge in [-0.2, -0.15) is 0 Å². The number of para-hydroxylation sites is 1. The van der Waals surface area contributed by atoms with E-state index in [0.29, 0.717) is 17.2 Å². The molecule has 0 fully saturated rings. The van der Waals surface area contributed by atoms with Crippen LogP contribution in [0.1, 0.15) is 31.2 Å². The number of thiophene rings is 1. The molecule has 1 aromatic heterocycles. The molecule has 2 aromatic carbocycles. The van der Waals surface area contributed by atoms with Gasteiger partial charge in [0.1, 0.15) is 12.4 Å². The number of carbonyl (C=O) groups is 2. The fourth-order valence-electron chi connectivity index (χ4n) is 3.06. The van der Waals surface area contributed by atoms with Gasteiger partial charge in [-0.25, -0.2) is 0 Å². The van der Waals surface area contributed by atoms with Crippen LogP contribution in [0, 0.1) is 6.92 Å². The lowest BCUT2D eigenvalue weighted by Gasteiger charge is -2.19. The van der Waals surface area contributed by atoms with Crippen molar-refractivity contribution in [2.24, 2.45) is 5.73 Å². The summed E-state index contributed by atoms with van der Waals surface area (Å²) in [6, 6.07) is 14.5. The van der Waals surface area contributed by atoms with Crippen LogP contribution in [0.2, 0.25) is 0 Å². The van der Waals surface area contributed by atoms with E-state index < -0.39 is 5.91 Å². The highest BCUT2D eigenvalue weighted by Crippen LogP contribution is 2.44. The maximum Gasteiger partial charge on any atom is 0.265 e. The third-order valence-corrected chi connectivity index (χ3v) is 5.51. The number of amides is 2. The number of hydrogen-bond acceptors (Lipinski definition) is 4. The first-order chi connectivity index (χ1) is 12.5. The highest BCUT2D eigenvalue weighted by molar-refractivity contribution is 7.17. The van der Waals surface area contributed by atoms with Gasteiger partial charge in [-0.05, 0) is 36.8 Å². The van der Waals surface area contributed by atoms with Crippen LogP contribution in [0.3, 0.4) is 0 Å². The Labute approximate surface area is 154 Å². The number of benzene rings is 2. The molecule has 130 valence electrons. The summed E-state index contributed by atoms with van der Waals surface area (Å²) in [7, 11) is 0. The van der Waals surface area contributed by atoms with E-state index in [9.17, 15) is 9.59 Å². The lowest BCUT2D eigenvalue weighted by molar-refractivity contribution is 0.100. The number of fused-ring (bicyclic) bond motifs is 3. The molecule has 6 heteroatoms. The van der Waals surface area contributed by atoms with Crippen molar-refractivity contribution in [3.05, 3.63) is 70.1 Å². The third kappa shape index (κ3) is 2.74. The summed E-state index contributed by atoms with van der Waals surface area (Å²) in [6.07, 6.45) is 0. The van der Waals surface area contributed by atoms with Crippen LogP contribution in [0.15, 0.2) is 48.5 Å². The Morgan fingerprint density at radius 3 is 2.77 bits per heavy atom. The first-order valence-corrected chi connectivity index (χ1v) is 8.92. The summed E-state index contributed by atoms with van der Waals surface area (Å²) in [4.78, 5) is 25.9. The molecule has 3 aromatic rings. The van der Waals surface area contributed by atoms with Crippen molar-refractivity contribution in [1.29, 1.82) is 0 Å². The van der Waals surface area contributed by atoms with Gasteiger partial charge in [0.25, 0.3) is 11.8 Å². The van der Waals surface area contributed by atoms with Crippen molar-refractivity contribution in [2.45, 2.75) is 13.5 Å². The number of hydrogen-bond donors (Lipinski definition) is 2. The van der Waals surface area contributed by atoms with Gasteiger partial charge < -0.3 is 15.8 Å². The van der Waals surface area contributed by atoms with Gasteiger partial charge >= 0.3 is 0 Å². The number of primary amides is 1. The molecule has 0 aliphatic carbocycles. The van der Waals surface area contributed by atoms with Crippen LogP contribution in [0.25, 0.3) is 10.4 Å². The number of rotatable bonds is 3. The van der Waals surface area contributed by atoms with Gasteiger partial charge in [0.15, 0.2) is 0 Å². The van der Waals surface area contributed by atoms with Crippen molar-refractivity contribution >= 4 is 28.8 Å². The van der Waals surface area contributed by atoms with Crippen molar-refractivity contribution in [1.82, 2.24) is 0 Å². The number of anilines is 1. The van der Waals surface area contributed by atoms with Crippen LogP contribution in [-0.2, 0) is 6.61 Å². The van der Waals surface area contributed by atoms with Crippen LogP contribution in [0.5, 0.6) is 5.75 Å². The van der Waals surface area contributed by atoms with E-state index in [-0.39, 0.29) is 11.5 Å². The monoisotopic (exact) mass is 364 g/mol. The second kappa shape index (κ2) is 6.31. The summed E-state index contributed by atoms with van der Waals surface area (Å²) in [5, 5.41) is 2.79. The number of carbonyl (C=O) groups excluding carboxylic acids is 2. The maximum atomic E-state index is 12.7. The average molecular weight is 364 g/mol. The molecule has 1 aliphatic heterocycles. The first-order valence-electron chi connectivity index (χ1n) is 8.10. The maximum absolute atomic E-state index is 12.7. The van der Waals surface area contributed by atoms with Gasteiger partial charge in [0.05, 0.1) is 16.1 Å². The van der Waals surface area contributed by atoms with Crippen LogP contribution in [0.4, 0.5) is 5.69 Å². The Hall–Kier alpha value is -3.12. The fraction of sp³-hybridized carbons (Fsp3) is 0.100. The number of ether oxygens (including phenoxy) is 1. The molecule has 0 saturated carbocycles. The van der Waals surface area contributed by atoms with Crippen molar-refractivity contribution < 1.29 is 14.3 Å². The van der Waals surface area contributed by atoms with Gasteiger partial charge in [-0.15, -0.1) is 11.3 Å². The summed E-state index contributed by atoms with van der Waals surface area (Å²) in [5.74, 6) is -0.0112. The normalized spacial score (nSPS) is 11.9. The van der Waals surface area contributed by atoms with Crippen molar-refractivity contribution in [3.63, 3.8) is 0 Å². The zero-order chi connectivity index (χ0) is 18.3. The first kappa shape index (κ1) is 16.4. The van der Waals surface area contributed by atoms with E-state index in [4.69, 9.17) is 10.5 Å². The third-order valence-electron chi connectivity index (χ3n) is 4.32. The van der Waals surface area contributed by atoms with E-state index in [1.54, 1.807) is 24.3 Å². The topological polar surface area (TPSA) is 81.4 Å². The fourth-order valence-corrected chi connectivity index (χ4v) is 4.24. The van der Waals surface area contributed by atoms with Crippen LogP contribution >= 0.6 is 11.3 Å². The minimum Gasteiger partial charge on any atom is -0.488 e. The quantitative estimate of drug-likeness (QED) is 0.738. The molecule has 0 radical (unpaired) electrons. The Kier molecular flexibility index (Phi) is 3.97. The number of aryl methyl sites for hydroxylation is 1. The summed E-state index contributed by atoms with van der Waals surface area (Å²) < 4.78 is 5.81. The van der Waals surface area contributed by atoms with Gasteiger partial charge in [0, 0.05) is 16.0 Å². The molecule has 26 heavy (non-hydrogen) atoms. The highest BCUT2D eigenvalue weighted by Gasteiger charge is 2.24. The Bertz CT molecular complexity index is 1040. The molecule has 0 atom stereocenters. The largest absolute Gasteiger partial charge is 0.488 e. The zero-order valence-corrected chi connectivity index (χ0v) is 14.9. The number of nitrogens with two attached hydrogens (primary N) is 1. The molecule has 2 heterocycles. The van der Waals surface area contributed by atoms with E-state index in [2.05, 4.69) is 5.32 Å². The molecule has 0 unspecified atom stereocenters. The molecule has 1 aliphatic rings. The van der Waals surface area contributed by atoms with Crippen LogP contribution < -0.4 is 15.8 Å². The van der Waals surface area contributed by atoms with Crippen LogP contribution in [-0.4, -0.2) is 11.8 Å². The van der Waals surface area contributed by atoms with Gasteiger partial charge in [-0.3, -0.25) is 9.59 Å². The average Bonchev–Trinajstić information content (AvgIpc) is 3.06. The summed E-state index contributed by atoms with van der Waals surface area (Å²) in [6.45, 7) is 2.47. The Balaban J connectivity index is 1.68. The predicted molar refractivity (Wildman–Crippen MR) is 102 cm³/mol. The molecule has 2 amide bonds. The lowest BCUT2D eigenvalue weighted by atomic mass is 10.0. The molecular weight excluding hydrogens is 348 g/mol. The Morgan fingerprint density at radius 2 is 1.96 bits per heavy atom. The van der Waals surface area contributed by atoms with Gasteiger partial charge in [-0.1, -0.05) is 24.3 Å². The molecule has 0 spiro atoms. The van der Waals surface area contributed by atoms with E-state index in [1.807, 2.05) is 31.2 Å². The SMILES string of the molecule is Cc1cccc2c1-c1sc(C(=O)Nc3ccccc3C(N)=O)cc1CO2. The molecule has 5 nitrogen and oxygen atoms in total. The van der Waals surface area contributed by atoms with Gasteiger partial charge in [0.2, 0.25) is 0 Å². The lowest BCUT2D eigenvalue weighted by Crippen LogP contribution is -2.17. The predicted octanol–water partition coefficient (Wildman–Crippen LogP) is 3.97. The van der Waals surface area contributed by atoms with E-state index >= 15 is 0 Å². The molecule has 0 bridgehead atoms. The molecular formula is C20H16N2O3S. The molecule has 0 saturated heterocycles. The molecule has 4 rings (SSSR count). The smallest absolute Gasteiger partial charge is 0.265 e. The van der Waals surface area contributed by atoms with Crippen molar-refractivity contribution in [3.8, 4) is 16.2 Å². The van der Waals surface area contributed by atoms with E-state index in [0.717, 1.165) is 27.3 Å². The minimum atomic E-state index is -0.579. The second-order valence-corrected chi connectivity index (χ2v) is 7.12. The summed E-state index contributed by atoms with van der Waals surface area (Å²) >= 11 is 1.43. The zero-order valence-electron chi connectivity index (χ0n) is 14.0. The Morgan fingerprint density at radius 1 is 1.15 bits per heavy atom. The standard InChI is InChI=1S/C20H16N2O3S/c1-11-5-4-8-15-17(11)18-12(10-25-15)9-16(26-18)20(24)22-14-7-3-2-6-13(14)19(21)23/h2-9H,10H2,1H3,(H2,21,23)(H,22,24). The highest BCUT2D eigenvalue weighted by atomic mass is 32.1. The second-order valence-electron chi connectivity index (χ2n) is 6.07. The summed E-state index contributed by atoms with van der Waals surface area (Å²) in [5.41, 5.74) is 9.20. The minimum absolute atomic E-state index is 0.270. The van der Waals surface area contributed by atoms with E-state index in [1.165, 1.54) is 11.3 Å². The number of nitrogens with one attached hydrogen (secondary N) is 1. The molecule has 3 N–H and O–H groups in total. The van der Waals surface area contributed by atoms with Crippen molar-refractivity contribution in [2.75, 3.05) is 5.32 Å².